The fourth-order valence-corrected chi connectivity index (χ4v) is 5.17. The molecule has 1 heterocycles. The van der Waals surface area contributed by atoms with Crippen LogP contribution in [0.3, 0.4) is 0 Å². The molecule has 0 aliphatic carbocycles. The smallest absolute Gasteiger partial charge is 0.257 e. The van der Waals surface area contributed by atoms with E-state index in [-0.39, 0.29) is 37.4 Å². The van der Waals surface area contributed by atoms with Crippen molar-refractivity contribution < 1.29 is 19.1 Å². The van der Waals surface area contributed by atoms with Crippen LogP contribution in [-0.4, -0.2) is 50.2 Å². The first-order valence-corrected chi connectivity index (χ1v) is 13.6. The molecule has 2 amide bonds. The highest BCUT2D eigenvalue weighted by molar-refractivity contribution is 6.31. The lowest BCUT2D eigenvalue weighted by atomic mass is 9.97. The molecule has 7 nitrogen and oxygen atoms in total. The molecule has 3 aromatic carbocycles. The Morgan fingerprint density at radius 2 is 1.68 bits per heavy atom. The molecule has 4 rings (SSSR count). The average molecular weight is 617 g/mol. The van der Waals surface area contributed by atoms with Crippen LogP contribution < -0.4 is 10.6 Å². The van der Waals surface area contributed by atoms with E-state index in [2.05, 4.69) is 11.8 Å². The number of rotatable bonds is 9. The number of ether oxygens (including phenoxy) is 2. The van der Waals surface area contributed by atoms with Crippen molar-refractivity contribution >= 4 is 58.8 Å². The summed E-state index contributed by atoms with van der Waals surface area (Å²) in [4.78, 5) is 32.2. The summed E-state index contributed by atoms with van der Waals surface area (Å²) in [5, 5.41) is 1.00. The summed E-state index contributed by atoms with van der Waals surface area (Å²) in [5.74, 6) is 5.29. The number of methoxy groups -OCH3 is 1. The lowest BCUT2D eigenvalue weighted by Gasteiger charge is -2.36. The summed E-state index contributed by atoms with van der Waals surface area (Å²) < 4.78 is 10.8. The molecule has 0 fully saturated rings. The Morgan fingerprint density at radius 3 is 2.34 bits per heavy atom. The Balaban J connectivity index is 0.00000462. The van der Waals surface area contributed by atoms with Gasteiger partial charge in [-0.1, -0.05) is 47.3 Å². The second-order valence-electron chi connectivity index (χ2n) is 9.32. The highest BCUT2D eigenvalue weighted by Crippen LogP contribution is 2.41. The molecule has 10 heteroatoms. The highest BCUT2D eigenvalue weighted by Gasteiger charge is 2.43. The molecule has 216 valence electrons. The maximum atomic E-state index is 14.5. The monoisotopic (exact) mass is 615 g/mol. The van der Waals surface area contributed by atoms with Crippen LogP contribution in [0.15, 0.2) is 60.7 Å². The molecule has 2 N–H and O–H groups in total. The summed E-state index contributed by atoms with van der Waals surface area (Å²) in [7, 11) is 1.60. The Hall–Kier alpha value is -3.25. The number of nitrogens with zero attached hydrogens (tertiary/aromatic N) is 2. The van der Waals surface area contributed by atoms with Gasteiger partial charge in [0, 0.05) is 35.0 Å². The van der Waals surface area contributed by atoms with Crippen LogP contribution in [0.25, 0.3) is 0 Å². The Kier molecular flexibility index (Phi) is 11.5. The van der Waals surface area contributed by atoms with Gasteiger partial charge < -0.3 is 25.0 Å². The molecule has 0 aromatic heterocycles. The molecule has 3 aromatic rings. The zero-order chi connectivity index (χ0) is 28.8. The average Bonchev–Trinajstić information content (AvgIpc) is 3.02. The summed E-state index contributed by atoms with van der Waals surface area (Å²) in [6.07, 6.45) is 0. The van der Waals surface area contributed by atoms with Gasteiger partial charge in [0.05, 0.1) is 37.1 Å². The van der Waals surface area contributed by atoms with E-state index < -0.39 is 12.1 Å². The molecule has 0 radical (unpaired) electrons. The van der Waals surface area contributed by atoms with Gasteiger partial charge in [-0.2, -0.15) is 0 Å². The van der Waals surface area contributed by atoms with Crippen LogP contribution in [0, 0.1) is 11.8 Å². The summed E-state index contributed by atoms with van der Waals surface area (Å²) in [5.41, 5.74) is 9.60. The third kappa shape index (κ3) is 7.16. The molecular formula is C31H32Cl3N3O4. The van der Waals surface area contributed by atoms with E-state index in [4.69, 9.17) is 38.4 Å². The second-order valence-corrected chi connectivity index (χ2v) is 10.2. The van der Waals surface area contributed by atoms with Crippen LogP contribution in [0.5, 0.6) is 0 Å². The van der Waals surface area contributed by atoms with E-state index in [9.17, 15) is 9.59 Å². The zero-order valence-corrected chi connectivity index (χ0v) is 25.4. The van der Waals surface area contributed by atoms with Gasteiger partial charge in [-0.05, 0) is 67.4 Å². The molecular weight excluding hydrogens is 585 g/mol. The van der Waals surface area contributed by atoms with E-state index in [0.717, 1.165) is 0 Å². The number of amides is 2. The van der Waals surface area contributed by atoms with Crippen LogP contribution in [-0.2, 0) is 14.3 Å². The minimum absolute atomic E-state index is 0. The molecule has 0 saturated carbocycles. The Bertz CT molecular complexity index is 1450. The topological polar surface area (TPSA) is 85.1 Å². The molecule has 1 aliphatic rings. The molecule has 1 aliphatic heterocycles. The molecule has 0 saturated heterocycles. The summed E-state index contributed by atoms with van der Waals surface area (Å²) in [6.45, 7) is 4.89. The van der Waals surface area contributed by atoms with Crippen molar-refractivity contribution in [2.24, 2.45) is 0 Å². The lowest BCUT2D eigenvalue weighted by Crippen LogP contribution is -2.44. The fraction of sp³-hybridized carbons (Fsp3) is 0.290. The van der Waals surface area contributed by atoms with Gasteiger partial charge in [0.25, 0.3) is 11.8 Å². The quantitative estimate of drug-likeness (QED) is 0.173. The maximum absolute atomic E-state index is 14.5. The van der Waals surface area contributed by atoms with Gasteiger partial charge in [-0.3, -0.25) is 9.59 Å². The molecule has 0 unspecified atom stereocenters. The van der Waals surface area contributed by atoms with Gasteiger partial charge >= 0.3 is 0 Å². The van der Waals surface area contributed by atoms with Crippen LogP contribution in [0.1, 0.15) is 53.0 Å². The van der Waals surface area contributed by atoms with Gasteiger partial charge in [0.15, 0.2) is 0 Å². The van der Waals surface area contributed by atoms with Crippen molar-refractivity contribution in [3.63, 3.8) is 0 Å². The predicted octanol–water partition coefficient (Wildman–Crippen LogP) is 6.32. The van der Waals surface area contributed by atoms with Crippen molar-refractivity contribution in [1.29, 1.82) is 0 Å². The SMILES string of the molecule is CC#Cc1ccc2c(c1)C(=O)N([C@H](C)c1ccc(Cl)cc1N)[C@@H](c1ccc(Cl)cc1)C(=O)N2CCOCCOC.Cl. The number of fused-ring (bicyclic) bond motifs is 1. The number of carbonyl (C=O) groups is 2. The van der Waals surface area contributed by atoms with Crippen molar-refractivity contribution in [3.8, 4) is 11.8 Å². The van der Waals surface area contributed by atoms with Crippen LogP contribution in [0.4, 0.5) is 11.4 Å². The predicted molar refractivity (Wildman–Crippen MR) is 166 cm³/mol. The molecule has 2 atom stereocenters. The molecule has 41 heavy (non-hydrogen) atoms. The van der Waals surface area contributed by atoms with Gasteiger partial charge in [-0.15, -0.1) is 18.3 Å². The largest absolute Gasteiger partial charge is 0.398 e. The van der Waals surface area contributed by atoms with Gasteiger partial charge in [0.2, 0.25) is 0 Å². The Labute approximate surface area is 256 Å². The van der Waals surface area contributed by atoms with Crippen molar-refractivity contribution in [3.05, 3.63) is 93.0 Å². The summed E-state index contributed by atoms with van der Waals surface area (Å²) in [6, 6.07) is 15.8. The summed E-state index contributed by atoms with van der Waals surface area (Å²) >= 11 is 12.4. The number of carbonyl (C=O) groups excluding carboxylic acids is 2. The number of benzene rings is 3. The van der Waals surface area contributed by atoms with Crippen molar-refractivity contribution in [2.75, 3.05) is 44.1 Å². The molecule has 0 bridgehead atoms. The minimum atomic E-state index is -0.970. The van der Waals surface area contributed by atoms with E-state index in [1.807, 2.05) is 13.0 Å². The van der Waals surface area contributed by atoms with Crippen molar-refractivity contribution in [1.82, 2.24) is 4.90 Å². The van der Waals surface area contributed by atoms with Crippen molar-refractivity contribution in [2.45, 2.75) is 25.9 Å². The molecule has 0 spiro atoms. The standard InChI is InChI=1S/C31H31Cl2N3O4.ClH/c1-4-5-21-6-13-28-26(18-21)30(37)36(20(2)25-12-11-24(33)19-27(25)34)29(22-7-9-23(32)10-8-22)31(38)35(28)14-15-40-17-16-39-3;/h6-13,18-20,29H,14-17,34H2,1-3H3;1H/t20-,29+;/m1./s1. The lowest BCUT2D eigenvalue weighted by molar-refractivity contribution is -0.124. The van der Waals surface area contributed by atoms with E-state index in [0.29, 0.717) is 56.9 Å². The fourth-order valence-electron chi connectivity index (χ4n) is 4.86. The number of halogens is 3. The zero-order valence-electron chi connectivity index (χ0n) is 23.0. The van der Waals surface area contributed by atoms with E-state index in [1.165, 1.54) is 0 Å². The number of anilines is 2. The van der Waals surface area contributed by atoms with Crippen LogP contribution in [0.2, 0.25) is 10.0 Å². The van der Waals surface area contributed by atoms with E-state index >= 15 is 0 Å². The van der Waals surface area contributed by atoms with E-state index in [1.54, 1.807) is 78.4 Å². The Morgan fingerprint density at radius 1 is 0.976 bits per heavy atom. The highest BCUT2D eigenvalue weighted by atomic mass is 35.5. The van der Waals surface area contributed by atoms with Gasteiger partial charge in [-0.25, -0.2) is 0 Å². The number of nitrogens with two attached hydrogens (primary N) is 1. The first-order chi connectivity index (χ1) is 19.3. The van der Waals surface area contributed by atoms with Gasteiger partial charge in [0.1, 0.15) is 6.04 Å². The first-order valence-electron chi connectivity index (χ1n) is 12.8. The number of nitrogen functional groups attached to an aromatic ring is 1. The first kappa shape index (κ1) is 32.3. The number of hydrogen-bond donors (Lipinski definition) is 1. The second kappa shape index (κ2) is 14.6. The third-order valence-corrected chi connectivity index (χ3v) is 7.28. The van der Waals surface area contributed by atoms with Crippen LogP contribution >= 0.6 is 35.6 Å². The normalized spacial score (nSPS) is 15.4. The third-order valence-electron chi connectivity index (χ3n) is 6.79. The maximum Gasteiger partial charge on any atom is 0.257 e. The number of hydrogen-bond acceptors (Lipinski definition) is 5. The minimum Gasteiger partial charge on any atom is -0.398 e.